The van der Waals surface area contributed by atoms with Crippen LogP contribution in [0.4, 0.5) is 4.79 Å². The third-order valence-electron chi connectivity index (χ3n) is 8.07. The van der Waals surface area contributed by atoms with E-state index in [2.05, 4.69) is 29.7 Å². The predicted molar refractivity (Wildman–Crippen MR) is 149 cm³/mol. The molecule has 0 radical (unpaired) electrons. The highest BCUT2D eigenvalue weighted by Crippen LogP contribution is 2.56. The van der Waals surface area contributed by atoms with Crippen LogP contribution in [0.1, 0.15) is 74.8 Å². The SMILES string of the molecule is C=C1CC2(CCN(Cc3c(OC)cc(C)c4c3ccn4C(=O)OC(C)(C)C)[C@H](c3ccc(C#N)cc3)C2)C1. The second-order valence-corrected chi connectivity index (χ2v) is 12.1. The highest BCUT2D eigenvalue weighted by atomic mass is 16.6. The molecule has 198 valence electrons. The topological polar surface area (TPSA) is 67.5 Å². The van der Waals surface area contributed by atoms with Crippen LogP contribution in [0.15, 0.2) is 54.7 Å². The predicted octanol–water partition coefficient (Wildman–Crippen LogP) is 7.29. The first-order valence-corrected chi connectivity index (χ1v) is 13.3. The van der Waals surface area contributed by atoms with Crippen LogP contribution >= 0.6 is 0 Å². The maximum absolute atomic E-state index is 13.0. The Labute approximate surface area is 225 Å². The Morgan fingerprint density at radius 2 is 1.92 bits per heavy atom. The molecule has 1 aromatic heterocycles. The van der Waals surface area contributed by atoms with Gasteiger partial charge >= 0.3 is 6.09 Å². The van der Waals surface area contributed by atoms with Crippen molar-refractivity contribution >= 4 is 17.0 Å². The molecular formula is C32H37N3O3. The van der Waals surface area contributed by atoms with E-state index in [1.165, 1.54) is 11.1 Å². The number of aromatic nitrogens is 1. The number of nitriles is 1. The molecule has 6 nitrogen and oxygen atoms in total. The van der Waals surface area contributed by atoms with Gasteiger partial charge in [0.25, 0.3) is 0 Å². The van der Waals surface area contributed by atoms with Gasteiger partial charge < -0.3 is 9.47 Å². The molecule has 0 unspecified atom stereocenters. The Bertz CT molecular complexity index is 1430. The summed E-state index contributed by atoms with van der Waals surface area (Å²) in [6.45, 7) is 13.5. The number of fused-ring (bicyclic) bond motifs is 1. The number of hydrogen-bond acceptors (Lipinski definition) is 5. The summed E-state index contributed by atoms with van der Waals surface area (Å²) in [6, 6.07) is 14.5. The number of ether oxygens (including phenoxy) is 2. The zero-order valence-electron chi connectivity index (χ0n) is 23.1. The van der Waals surface area contributed by atoms with Crippen LogP contribution < -0.4 is 4.74 Å². The van der Waals surface area contributed by atoms with Crippen molar-refractivity contribution in [3.05, 3.63) is 77.0 Å². The number of likely N-dealkylation sites (tertiary alicyclic amines) is 1. The zero-order chi connectivity index (χ0) is 27.2. The van der Waals surface area contributed by atoms with Gasteiger partial charge in [0, 0.05) is 29.7 Å². The summed E-state index contributed by atoms with van der Waals surface area (Å²) in [5.41, 5.74) is 5.88. The quantitative estimate of drug-likeness (QED) is 0.344. The smallest absolute Gasteiger partial charge is 0.419 e. The molecule has 2 fully saturated rings. The van der Waals surface area contributed by atoms with Crippen LogP contribution in [0.2, 0.25) is 0 Å². The van der Waals surface area contributed by atoms with E-state index >= 15 is 0 Å². The number of carbonyl (C=O) groups excluding carboxylic acids is 1. The fraction of sp³-hybridized carbons (Fsp3) is 0.438. The lowest BCUT2D eigenvalue weighted by Gasteiger charge is -2.53. The number of allylic oxidation sites excluding steroid dienone is 1. The van der Waals surface area contributed by atoms with Crippen molar-refractivity contribution in [3.8, 4) is 11.8 Å². The van der Waals surface area contributed by atoms with Crippen LogP contribution in [0, 0.1) is 23.7 Å². The summed E-state index contributed by atoms with van der Waals surface area (Å²) >= 11 is 0. The number of aryl methyl sites for hydroxylation is 1. The number of carbonyl (C=O) groups is 1. The molecule has 2 aromatic carbocycles. The lowest BCUT2D eigenvalue weighted by atomic mass is 9.59. The normalized spacial score (nSPS) is 19.3. The van der Waals surface area contributed by atoms with Crippen LogP contribution in [0.3, 0.4) is 0 Å². The van der Waals surface area contributed by atoms with Gasteiger partial charge in [-0.1, -0.05) is 24.3 Å². The first-order chi connectivity index (χ1) is 18.0. The summed E-state index contributed by atoms with van der Waals surface area (Å²) in [5, 5.41) is 10.3. The summed E-state index contributed by atoms with van der Waals surface area (Å²) in [5.74, 6) is 0.827. The van der Waals surface area contributed by atoms with Gasteiger partial charge in [-0.25, -0.2) is 4.79 Å². The molecule has 6 heteroatoms. The van der Waals surface area contributed by atoms with Gasteiger partial charge in [0.1, 0.15) is 11.4 Å². The van der Waals surface area contributed by atoms with E-state index < -0.39 is 5.60 Å². The third-order valence-corrected chi connectivity index (χ3v) is 8.07. The molecule has 0 amide bonds. The van der Waals surface area contributed by atoms with Crippen LogP contribution in [-0.4, -0.2) is 34.8 Å². The Balaban J connectivity index is 1.53. The Morgan fingerprint density at radius 3 is 2.53 bits per heavy atom. The number of nitrogens with zero attached hydrogens (tertiary/aromatic N) is 3. The minimum Gasteiger partial charge on any atom is -0.496 e. The van der Waals surface area contributed by atoms with E-state index in [9.17, 15) is 10.1 Å². The van der Waals surface area contributed by atoms with Gasteiger partial charge in [0.15, 0.2) is 0 Å². The van der Waals surface area contributed by atoms with Crippen molar-refractivity contribution < 1.29 is 14.3 Å². The molecule has 2 aliphatic rings. The maximum Gasteiger partial charge on any atom is 0.419 e. The summed E-state index contributed by atoms with van der Waals surface area (Å²) in [4.78, 5) is 15.6. The van der Waals surface area contributed by atoms with Crippen LogP contribution in [-0.2, 0) is 11.3 Å². The van der Waals surface area contributed by atoms with Gasteiger partial charge in [0.05, 0.1) is 24.3 Å². The molecule has 1 atom stereocenters. The molecule has 1 spiro atoms. The summed E-state index contributed by atoms with van der Waals surface area (Å²) in [6.07, 6.45) is 5.82. The molecule has 0 N–H and O–H groups in total. The average Bonchev–Trinajstić information content (AvgIpc) is 3.31. The molecule has 38 heavy (non-hydrogen) atoms. The van der Waals surface area contributed by atoms with E-state index in [0.29, 0.717) is 17.5 Å². The zero-order valence-corrected chi connectivity index (χ0v) is 23.1. The Morgan fingerprint density at radius 1 is 1.21 bits per heavy atom. The van der Waals surface area contributed by atoms with Gasteiger partial charge in [-0.2, -0.15) is 5.26 Å². The highest BCUT2D eigenvalue weighted by molar-refractivity contribution is 5.95. The van der Waals surface area contributed by atoms with Crippen molar-refractivity contribution in [2.24, 2.45) is 5.41 Å². The second-order valence-electron chi connectivity index (χ2n) is 12.1. The van der Waals surface area contributed by atoms with Gasteiger partial charge in [0.2, 0.25) is 0 Å². The molecule has 0 bridgehead atoms. The van der Waals surface area contributed by atoms with Crippen molar-refractivity contribution in [2.45, 2.75) is 71.6 Å². The van der Waals surface area contributed by atoms with E-state index in [0.717, 1.165) is 60.0 Å². The molecule has 1 aliphatic carbocycles. The van der Waals surface area contributed by atoms with E-state index in [4.69, 9.17) is 9.47 Å². The van der Waals surface area contributed by atoms with Gasteiger partial charge in [-0.05, 0) is 101 Å². The molecular weight excluding hydrogens is 474 g/mol. The fourth-order valence-electron chi connectivity index (χ4n) is 6.38. The minimum atomic E-state index is -0.582. The Kier molecular flexibility index (Phi) is 6.61. The highest BCUT2D eigenvalue weighted by Gasteiger charge is 2.46. The van der Waals surface area contributed by atoms with Crippen molar-refractivity contribution in [2.75, 3.05) is 13.7 Å². The largest absolute Gasteiger partial charge is 0.496 e. The van der Waals surface area contributed by atoms with Crippen molar-refractivity contribution in [1.82, 2.24) is 9.47 Å². The number of benzene rings is 2. The summed E-state index contributed by atoms with van der Waals surface area (Å²) in [7, 11) is 1.71. The summed E-state index contributed by atoms with van der Waals surface area (Å²) < 4.78 is 13.2. The lowest BCUT2D eigenvalue weighted by molar-refractivity contribution is 0.0174. The maximum atomic E-state index is 13.0. The Hall–Kier alpha value is -3.56. The molecule has 1 aliphatic heterocycles. The van der Waals surface area contributed by atoms with Crippen LogP contribution in [0.5, 0.6) is 5.75 Å². The molecule has 1 saturated heterocycles. The molecule has 1 saturated carbocycles. The van der Waals surface area contributed by atoms with E-state index in [-0.39, 0.29) is 12.1 Å². The van der Waals surface area contributed by atoms with Crippen LogP contribution in [0.25, 0.3) is 10.9 Å². The van der Waals surface area contributed by atoms with Gasteiger partial charge in [-0.3, -0.25) is 9.47 Å². The van der Waals surface area contributed by atoms with E-state index in [1.807, 2.05) is 52.0 Å². The van der Waals surface area contributed by atoms with E-state index in [1.54, 1.807) is 17.9 Å². The number of hydrogen-bond donors (Lipinski definition) is 0. The van der Waals surface area contributed by atoms with Crippen molar-refractivity contribution in [3.63, 3.8) is 0 Å². The molecule has 3 aromatic rings. The third kappa shape index (κ3) is 4.83. The van der Waals surface area contributed by atoms with Crippen molar-refractivity contribution in [1.29, 1.82) is 5.26 Å². The molecule has 5 rings (SSSR count). The fourth-order valence-corrected chi connectivity index (χ4v) is 6.38. The lowest BCUT2D eigenvalue weighted by Crippen LogP contribution is -2.45. The number of rotatable bonds is 4. The second kappa shape index (κ2) is 9.63. The monoisotopic (exact) mass is 511 g/mol. The van der Waals surface area contributed by atoms with Gasteiger partial charge in [-0.15, -0.1) is 0 Å². The standard InChI is InChI=1S/C32H37N3O3/c1-21-16-32(17-21)12-14-34(27(18-32)24-9-7-23(19-33)8-10-24)20-26-25-11-13-35(30(36)38-31(3,4)5)29(25)22(2)15-28(26)37-6/h7-11,13,15,27H,1,12,14,16-18,20H2,2-6H3/t27-/m0/s1. The molecule has 2 heterocycles. The number of piperidine rings is 1. The first-order valence-electron chi connectivity index (χ1n) is 13.3. The average molecular weight is 512 g/mol. The number of methoxy groups -OCH3 is 1. The minimum absolute atomic E-state index is 0.221. The first kappa shape index (κ1) is 26.1.